The second kappa shape index (κ2) is 7.75. The van der Waals surface area contributed by atoms with Gasteiger partial charge in [0.25, 0.3) is 5.91 Å². The van der Waals surface area contributed by atoms with E-state index < -0.39 is 0 Å². The average molecular weight is 438 g/mol. The van der Waals surface area contributed by atoms with Crippen LogP contribution < -0.4 is 19.5 Å². The lowest BCUT2D eigenvalue weighted by atomic mass is 9.47. The number of amides is 1. The standard InChI is InChI=1S/C26H31NO5/c1-2-24(26-11-16-7-17(12-26)9-18(8-16)13-26)27-25(28)22-6-4-20(32-22)14-29-19-3-5-21-23(10-19)31-15-30-21/h3-6,10,16-18,24H,2,7-9,11-15H2,1H3,(H,27,28). The molecular formula is C26H31NO5. The van der Waals surface area contributed by atoms with E-state index in [4.69, 9.17) is 18.6 Å². The van der Waals surface area contributed by atoms with Gasteiger partial charge in [0.1, 0.15) is 18.1 Å². The van der Waals surface area contributed by atoms with E-state index in [0.717, 1.165) is 29.9 Å². The molecule has 2 heterocycles. The number of hydrogen-bond donors (Lipinski definition) is 1. The number of benzene rings is 1. The summed E-state index contributed by atoms with van der Waals surface area (Å²) >= 11 is 0. The fourth-order valence-corrected chi connectivity index (χ4v) is 7.22. The normalized spacial score (nSPS) is 30.3. The summed E-state index contributed by atoms with van der Waals surface area (Å²) in [5.74, 6) is 5.55. The van der Waals surface area contributed by atoms with Crippen LogP contribution in [0.1, 0.15) is 68.2 Å². The molecule has 1 N–H and O–H groups in total. The van der Waals surface area contributed by atoms with Crippen LogP contribution in [0.3, 0.4) is 0 Å². The number of rotatable bonds is 7. The molecule has 2 aromatic rings. The summed E-state index contributed by atoms with van der Waals surface area (Å²) in [5, 5.41) is 3.35. The second-order valence-electron chi connectivity index (χ2n) is 10.3. The first kappa shape index (κ1) is 20.0. The number of carbonyl (C=O) groups is 1. The monoisotopic (exact) mass is 437 g/mol. The van der Waals surface area contributed by atoms with Crippen molar-refractivity contribution >= 4 is 5.91 Å². The maximum absolute atomic E-state index is 13.0. The first-order valence-electron chi connectivity index (χ1n) is 12.0. The van der Waals surface area contributed by atoms with Crippen LogP contribution in [0.25, 0.3) is 0 Å². The predicted molar refractivity (Wildman–Crippen MR) is 118 cm³/mol. The molecule has 4 aliphatic carbocycles. The van der Waals surface area contributed by atoms with Crippen molar-refractivity contribution < 1.29 is 23.4 Å². The number of furan rings is 1. The highest BCUT2D eigenvalue weighted by Crippen LogP contribution is 2.61. The van der Waals surface area contributed by atoms with Crippen molar-refractivity contribution in [2.45, 2.75) is 64.5 Å². The van der Waals surface area contributed by atoms with E-state index in [1.165, 1.54) is 38.5 Å². The zero-order valence-electron chi connectivity index (χ0n) is 18.6. The molecule has 0 radical (unpaired) electrons. The van der Waals surface area contributed by atoms with Crippen LogP contribution in [0.2, 0.25) is 0 Å². The van der Waals surface area contributed by atoms with Gasteiger partial charge in [-0.1, -0.05) is 6.92 Å². The molecule has 6 nitrogen and oxygen atoms in total. The molecule has 0 spiro atoms. The number of nitrogens with one attached hydrogen (secondary N) is 1. The molecule has 7 rings (SSSR count). The van der Waals surface area contributed by atoms with Crippen molar-refractivity contribution in [3.63, 3.8) is 0 Å². The lowest BCUT2D eigenvalue weighted by Crippen LogP contribution is -2.56. The first-order chi connectivity index (χ1) is 15.6. The van der Waals surface area contributed by atoms with Gasteiger partial charge in [-0.15, -0.1) is 0 Å². The minimum absolute atomic E-state index is 0.109. The minimum atomic E-state index is -0.109. The Labute approximate surface area is 188 Å². The quantitative estimate of drug-likeness (QED) is 0.635. The van der Waals surface area contributed by atoms with Gasteiger partial charge in [-0.3, -0.25) is 4.79 Å². The van der Waals surface area contributed by atoms with Crippen LogP contribution in [-0.2, 0) is 6.61 Å². The van der Waals surface area contributed by atoms with Crippen molar-refractivity contribution in [1.82, 2.24) is 5.32 Å². The Kier molecular flexibility index (Phi) is 4.85. The number of carbonyl (C=O) groups excluding carboxylic acids is 1. The van der Waals surface area contributed by atoms with Crippen LogP contribution in [0.4, 0.5) is 0 Å². The summed E-state index contributed by atoms with van der Waals surface area (Å²) in [7, 11) is 0. The Balaban J connectivity index is 1.09. The zero-order valence-corrected chi connectivity index (χ0v) is 18.6. The van der Waals surface area contributed by atoms with Crippen molar-refractivity contribution in [3.8, 4) is 17.2 Å². The summed E-state index contributed by atoms with van der Waals surface area (Å²) in [6, 6.07) is 9.25. The predicted octanol–water partition coefficient (Wildman–Crippen LogP) is 5.31. The molecule has 1 aromatic heterocycles. The van der Waals surface area contributed by atoms with Crippen molar-refractivity contribution in [1.29, 1.82) is 0 Å². The van der Waals surface area contributed by atoms with E-state index in [1.807, 2.05) is 18.2 Å². The highest BCUT2D eigenvalue weighted by atomic mass is 16.7. The molecule has 5 aliphatic rings. The largest absolute Gasteiger partial charge is 0.486 e. The molecule has 4 fully saturated rings. The molecule has 6 heteroatoms. The molecule has 170 valence electrons. The fourth-order valence-electron chi connectivity index (χ4n) is 7.22. The van der Waals surface area contributed by atoms with Gasteiger partial charge in [0, 0.05) is 12.1 Å². The molecular weight excluding hydrogens is 406 g/mol. The summed E-state index contributed by atoms with van der Waals surface area (Å²) in [6.45, 7) is 2.69. The highest BCUT2D eigenvalue weighted by molar-refractivity contribution is 5.91. The van der Waals surface area contributed by atoms with Gasteiger partial charge in [0.2, 0.25) is 6.79 Å². The molecule has 0 saturated heterocycles. The molecule has 1 amide bonds. The van der Waals surface area contributed by atoms with Crippen LogP contribution in [0.15, 0.2) is 34.7 Å². The van der Waals surface area contributed by atoms with Crippen molar-refractivity contribution in [3.05, 3.63) is 41.9 Å². The Morgan fingerprint density at radius 2 is 1.78 bits per heavy atom. The highest BCUT2D eigenvalue weighted by Gasteiger charge is 2.54. The van der Waals surface area contributed by atoms with Crippen LogP contribution in [-0.4, -0.2) is 18.7 Å². The van der Waals surface area contributed by atoms with Gasteiger partial charge in [-0.25, -0.2) is 0 Å². The van der Waals surface area contributed by atoms with Crippen LogP contribution in [0, 0.1) is 23.2 Å². The van der Waals surface area contributed by atoms with E-state index >= 15 is 0 Å². The third-order valence-electron chi connectivity index (χ3n) is 8.15. The van der Waals surface area contributed by atoms with Gasteiger partial charge < -0.3 is 23.9 Å². The SMILES string of the molecule is CCC(NC(=O)c1ccc(COc2ccc3c(c2)OCO3)o1)C12CC3CC(CC(C3)C1)C2. The third kappa shape index (κ3) is 3.54. The second-order valence-corrected chi connectivity index (χ2v) is 10.3. The molecule has 4 bridgehead atoms. The zero-order chi connectivity index (χ0) is 21.7. The van der Waals surface area contributed by atoms with Gasteiger partial charge in [0.15, 0.2) is 17.3 Å². The Morgan fingerprint density at radius 3 is 2.50 bits per heavy atom. The number of hydrogen-bond acceptors (Lipinski definition) is 5. The molecule has 1 aromatic carbocycles. The smallest absolute Gasteiger partial charge is 0.287 e. The maximum atomic E-state index is 13.0. The Hall–Kier alpha value is -2.63. The van der Waals surface area contributed by atoms with Gasteiger partial charge >= 0.3 is 0 Å². The van der Waals surface area contributed by atoms with Gasteiger partial charge in [-0.2, -0.15) is 0 Å². The fraction of sp³-hybridized carbons (Fsp3) is 0.577. The Bertz CT molecular complexity index is 976. The Morgan fingerprint density at radius 1 is 1.06 bits per heavy atom. The van der Waals surface area contributed by atoms with Crippen molar-refractivity contribution in [2.24, 2.45) is 23.2 Å². The molecule has 32 heavy (non-hydrogen) atoms. The summed E-state index contributed by atoms with van der Waals surface area (Å²) in [6.07, 6.45) is 9.05. The molecule has 1 atom stereocenters. The molecule has 4 saturated carbocycles. The lowest BCUT2D eigenvalue weighted by molar-refractivity contribution is -0.0728. The van der Waals surface area contributed by atoms with Crippen LogP contribution in [0.5, 0.6) is 17.2 Å². The van der Waals surface area contributed by atoms with Crippen LogP contribution >= 0.6 is 0 Å². The van der Waals surface area contributed by atoms with E-state index in [0.29, 0.717) is 23.0 Å². The first-order valence-corrected chi connectivity index (χ1v) is 12.0. The number of fused-ring (bicyclic) bond motifs is 1. The minimum Gasteiger partial charge on any atom is -0.486 e. The van der Waals surface area contributed by atoms with E-state index in [9.17, 15) is 4.79 Å². The molecule has 1 unspecified atom stereocenters. The van der Waals surface area contributed by atoms with E-state index in [1.54, 1.807) is 12.1 Å². The lowest BCUT2D eigenvalue weighted by Gasteiger charge is -2.59. The summed E-state index contributed by atoms with van der Waals surface area (Å²) in [5.41, 5.74) is 0.289. The number of ether oxygens (including phenoxy) is 3. The topological polar surface area (TPSA) is 69.9 Å². The van der Waals surface area contributed by atoms with E-state index in [2.05, 4.69) is 12.2 Å². The van der Waals surface area contributed by atoms with E-state index in [-0.39, 0.29) is 30.8 Å². The van der Waals surface area contributed by atoms with Gasteiger partial charge in [-0.05, 0) is 92.4 Å². The maximum Gasteiger partial charge on any atom is 0.287 e. The molecule has 1 aliphatic heterocycles. The summed E-state index contributed by atoms with van der Waals surface area (Å²) in [4.78, 5) is 13.0. The third-order valence-corrected chi connectivity index (χ3v) is 8.15. The van der Waals surface area contributed by atoms with Gasteiger partial charge in [0.05, 0.1) is 0 Å². The summed E-state index contributed by atoms with van der Waals surface area (Å²) < 4.78 is 22.4. The average Bonchev–Trinajstić information content (AvgIpc) is 3.44. The van der Waals surface area contributed by atoms with Crippen molar-refractivity contribution in [2.75, 3.05) is 6.79 Å².